The zero-order chi connectivity index (χ0) is 10.7. The maximum absolute atomic E-state index is 11.1. The Morgan fingerprint density at radius 2 is 1.93 bits per heavy atom. The van der Waals surface area contributed by atoms with Crippen LogP contribution < -0.4 is 11.5 Å². The molecule has 1 fully saturated rings. The maximum Gasteiger partial charge on any atom is 0.224 e. The first-order chi connectivity index (χ1) is 6.56. The molecule has 2 amide bonds. The normalized spacial score (nSPS) is 30.2. The predicted molar refractivity (Wildman–Crippen MR) is 53.0 cm³/mol. The van der Waals surface area contributed by atoms with Crippen molar-refractivity contribution >= 4 is 11.8 Å². The fourth-order valence-corrected chi connectivity index (χ4v) is 1.97. The van der Waals surface area contributed by atoms with Crippen LogP contribution in [0.15, 0.2) is 11.6 Å². The summed E-state index contributed by atoms with van der Waals surface area (Å²) >= 11 is 0. The topological polar surface area (TPSA) is 86.2 Å². The fourth-order valence-electron chi connectivity index (χ4n) is 1.97. The summed E-state index contributed by atoms with van der Waals surface area (Å²) < 4.78 is 0. The molecule has 0 heterocycles. The molecule has 78 valence electrons. The molecule has 2 atom stereocenters. The van der Waals surface area contributed by atoms with Gasteiger partial charge in [-0.25, -0.2) is 0 Å². The summed E-state index contributed by atoms with van der Waals surface area (Å²) in [4.78, 5) is 22.0. The molecule has 2 unspecified atom stereocenters. The molecule has 0 aromatic heterocycles. The second kappa shape index (κ2) is 4.26. The molecular formula is C10H16N2O2. The van der Waals surface area contributed by atoms with Crippen molar-refractivity contribution in [1.82, 2.24) is 0 Å². The van der Waals surface area contributed by atoms with E-state index in [4.69, 9.17) is 11.5 Å². The molecule has 4 heteroatoms. The van der Waals surface area contributed by atoms with Crippen LogP contribution in [0.3, 0.4) is 0 Å². The summed E-state index contributed by atoms with van der Waals surface area (Å²) in [6.45, 7) is 1.86. The van der Waals surface area contributed by atoms with Crippen molar-refractivity contribution in [2.45, 2.75) is 26.2 Å². The molecule has 1 rings (SSSR count). The molecule has 0 aromatic carbocycles. The van der Waals surface area contributed by atoms with Crippen molar-refractivity contribution in [2.75, 3.05) is 0 Å². The lowest BCUT2D eigenvalue weighted by atomic mass is 9.77. The number of hydrogen-bond donors (Lipinski definition) is 2. The lowest BCUT2D eigenvalue weighted by molar-refractivity contribution is -0.125. The number of amides is 2. The van der Waals surface area contributed by atoms with E-state index in [0.717, 1.165) is 5.57 Å². The summed E-state index contributed by atoms with van der Waals surface area (Å²) in [6.07, 6.45) is 3.76. The Morgan fingerprint density at radius 1 is 1.29 bits per heavy atom. The highest BCUT2D eigenvalue weighted by Gasteiger charge is 2.30. The third-order valence-corrected chi connectivity index (χ3v) is 2.85. The van der Waals surface area contributed by atoms with Gasteiger partial charge >= 0.3 is 0 Å². The SMILES string of the molecule is CC=C1CC(C(N)=O)CCC1C(N)=O. The van der Waals surface area contributed by atoms with E-state index in [1.165, 1.54) is 0 Å². The number of rotatable bonds is 2. The summed E-state index contributed by atoms with van der Waals surface area (Å²) in [6, 6.07) is 0. The Morgan fingerprint density at radius 3 is 2.36 bits per heavy atom. The molecule has 0 radical (unpaired) electrons. The average Bonchev–Trinajstić information content (AvgIpc) is 2.16. The number of carbonyl (C=O) groups is 2. The first-order valence-corrected chi connectivity index (χ1v) is 4.80. The van der Waals surface area contributed by atoms with Gasteiger partial charge in [0.05, 0.1) is 5.92 Å². The van der Waals surface area contributed by atoms with E-state index in [1.807, 2.05) is 13.0 Å². The Kier molecular flexibility index (Phi) is 3.28. The van der Waals surface area contributed by atoms with Gasteiger partial charge in [0.2, 0.25) is 11.8 Å². The smallest absolute Gasteiger partial charge is 0.224 e. The highest BCUT2D eigenvalue weighted by Crippen LogP contribution is 2.32. The van der Waals surface area contributed by atoms with E-state index < -0.39 is 0 Å². The largest absolute Gasteiger partial charge is 0.369 e. The van der Waals surface area contributed by atoms with Gasteiger partial charge < -0.3 is 11.5 Å². The van der Waals surface area contributed by atoms with Crippen LogP contribution in [-0.4, -0.2) is 11.8 Å². The summed E-state index contributed by atoms with van der Waals surface area (Å²) in [5.74, 6) is -0.916. The Hall–Kier alpha value is -1.32. The van der Waals surface area contributed by atoms with E-state index in [2.05, 4.69) is 0 Å². The number of nitrogens with two attached hydrogens (primary N) is 2. The van der Waals surface area contributed by atoms with Crippen LogP contribution in [0, 0.1) is 11.8 Å². The molecule has 14 heavy (non-hydrogen) atoms. The van der Waals surface area contributed by atoms with Gasteiger partial charge in [-0.3, -0.25) is 9.59 Å². The van der Waals surface area contributed by atoms with Gasteiger partial charge in [-0.05, 0) is 26.2 Å². The maximum atomic E-state index is 11.1. The lowest BCUT2D eigenvalue weighted by Gasteiger charge is -2.27. The van der Waals surface area contributed by atoms with Gasteiger partial charge in [0.25, 0.3) is 0 Å². The van der Waals surface area contributed by atoms with E-state index in [0.29, 0.717) is 19.3 Å². The molecule has 0 saturated heterocycles. The first kappa shape index (κ1) is 10.8. The standard InChI is InChI=1S/C10H16N2O2/c1-2-6-5-7(9(11)13)3-4-8(6)10(12)14/h2,7-8H,3-5H2,1H3,(H2,11,13)(H2,12,14). The minimum absolute atomic E-state index is 0.128. The van der Waals surface area contributed by atoms with Gasteiger partial charge in [-0.15, -0.1) is 0 Å². The molecule has 4 N–H and O–H groups in total. The molecule has 0 spiro atoms. The van der Waals surface area contributed by atoms with E-state index in [-0.39, 0.29) is 23.7 Å². The van der Waals surface area contributed by atoms with Crippen molar-refractivity contribution < 1.29 is 9.59 Å². The third-order valence-electron chi connectivity index (χ3n) is 2.85. The monoisotopic (exact) mass is 196 g/mol. The average molecular weight is 196 g/mol. The summed E-state index contributed by atoms with van der Waals surface area (Å²) in [5, 5.41) is 0. The molecule has 1 aliphatic rings. The number of primary amides is 2. The third kappa shape index (κ3) is 2.13. The molecular weight excluding hydrogens is 180 g/mol. The molecule has 1 aliphatic carbocycles. The molecule has 1 saturated carbocycles. The quantitative estimate of drug-likeness (QED) is 0.623. The van der Waals surface area contributed by atoms with Crippen LogP contribution in [0.25, 0.3) is 0 Å². The van der Waals surface area contributed by atoms with Crippen LogP contribution in [0.4, 0.5) is 0 Å². The zero-order valence-corrected chi connectivity index (χ0v) is 8.32. The predicted octanol–water partition coefficient (Wildman–Crippen LogP) is 0.320. The van der Waals surface area contributed by atoms with Gasteiger partial charge in [0, 0.05) is 5.92 Å². The Balaban J connectivity index is 2.74. The first-order valence-electron chi connectivity index (χ1n) is 4.80. The van der Waals surface area contributed by atoms with Gasteiger partial charge in [-0.2, -0.15) is 0 Å². The van der Waals surface area contributed by atoms with Crippen molar-refractivity contribution in [3.05, 3.63) is 11.6 Å². The van der Waals surface area contributed by atoms with Crippen LogP contribution >= 0.6 is 0 Å². The van der Waals surface area contributed by atoms with E-state index in [9.17, 15) is 9.59 Å². The number of carbonyl (C=O) groups excluding carboxylic acids is 2. The van der Waals surface area contributed by atoms with Crippen molar-refractivity contribution in [1.29, 1.82) is 0 Å². The highest BCUT2D eigenvalue weighted by atomic mass is 16.1. The van der Waals surface area contributed by atoms with Crippen LogP contribution in [0.5, 0.6) is 0 Å². The number of hydrogen-bond acceptors (Lipinski definition) is 2. The second-order valence-electron chi connectivity index (χ2n) is 3.70. The lowest BCUT2D eigenvalue weighted by Crippen LogP contribution is -2.34. The van der Waals surface area contributed by atoms with Crippen LogP contribution in [-0.2, 0) is 9.59 Å². The highest BCUT2D eigenvalue weighted by molar-refractivity contribution is 5.82. The van der Waals surface area contributed by atoms with E-state index >= 15 is 0 Å². The van der Waals surface area contributed by atoms with Crippen molar-refractivity contribution in [3.63, 3.8) is 0 Å². The van der Waals surface area contributed by atoms with Gasteiger partial charge in [0.15, 0.2) is 0 Å². The molecule has 4 nitrogen and oxygen atoms in total. The van der Waals surface area contributed by atoms with Crippen LogP contribution in [0.1, 0.15) is 26.2 Å². The van der Waals surface area contributed by atoms with E-state index in [1.54, 1.807) is 0 Å². The molecule has 0 aliphatic heterocycles. The second-order valence-corrected chi connectivity index (χ2v) is 3.70. The Labute approximate surface area is 83.3 Å². The summed E-state index contributed by atoms with van der Waals surface area (Å²) in [5.41, 5.74) is 11.4. The van der Waals surface area contributed by atoms with Crippen molar-refractivity contribution in [2.24, 2.45) is 23.3 Å². The minimum Gasteiger partial charge on any atom is -0.369 e. The fraction of sp³-hybridized carbons (Fsp3) is 0.600. The molecule has 0 aromatic rings. The van der Waals surface area contributed by atoms with Gasteiger partial charge in [0.1, 0.15) is 0 Å². The minimum atomic E-state index is -0.305. The zero-order valence-electron chi connectivity index (χ0n) is 8.32. The van der Waals surface area contributed by atoms with Crippen LogP contribution in [0.2, 0.25) is 0 Å². The Bertz CT molecular complexity index is 284. The molecule has 0 bridgehead atoms. The van der Waals surface area contributed by atoms with Gasteiger partial charge in [-0.1, -0.05) is 11.6 Å². The van der Waals surface area contributed by atoms with Crippen molar-refractivity contribution in [3.8, 4) is 0 Å². The summed E-state index contributed by atoms with van der Waals surface area (Å²) in [7, 11) is 0. The number of allylic oxidation sites excluding steroid dienone is 1.